The van der Waals surface area contributed by atoms with Crippen molar-refractivity contribution in [2.45, 2.75) is 52.7 Å². The summed E-state index contributed by atoms with van der Waals surface area (Å²) < 4.78 is 2.41. The molecule has 22 heavy (non-hydrogen) atoms. The van der Waals surface area contributed by atoms with E-state index in [1.54, 1.807) is 0 Å². The molecule has 2 heterocycles. The smallest absolute Gasteiger partial charge is 0.0853 e. The number of aliphatic hydroxyl groups excluding tert-OH is 1. The third-order valence-corrected chi connectivity index (χ3v) is 4.27. The first-order chi connectivity index (χ1) is 10.7. The van der Waals surface area contributed by atoms with Gasteiger partial charge in [-0.25, -0.2) is 0 Å². The first kappa shape index (κ1) is 15.0. The first-order valence-corrected chi connectivity index (χ1v) is 8.19. The monoisotopic (exact) mass is 296 g/mol. The summed E-state index contributed by atoms with van der Waals surface area (Å²) in [4.78, 5) is 4.71. The third-order valence-electron chi connectivity index (χ3n) is 4.27. The Morgan fingerprint density at radius 1 is 1.18 bits per heavy atom. The van der Waals surface area contributed by atoms with Crippen LogP contribution in [0.1, 0.15) is 50.9 Å². The molecule has 3 heteroatoms. The lowest BCUT2D eigenvalue weighted by atomic mass is 10.0. The van der Waals surface area contributed by atoms with Gasteiger partial charge in [0.15, 0.2) is 0 Å². The summed E-state index contributed by atoms with van der Waals surface area (Å²) in [5.74, 6) is 0.332. The molecule has 3 aromatic rings. The van der Waals surface area contributed by atoms with Crippen molar-refractivity contribution in [2.75, 3.05) is 0 Å². The van der Waals surface area contributed by atoms with E-state index < -0.39 is 0 Å². The van der Waals surface area contributed by atoms with E-state index in [1.165, 1.54) is 28.2 Å². The van der Waals surface area contributed by atoms with Crippen molar-refractivity contribution in [3.8, 4) is 0 Å². The molecule has 2 aromatic heterocycles. The normalized spacial score (nSPS) is 11.9. The van der Waals surface area contributed by atoms with Gasteiger partial charge in [0.1, 0.15) is 0 Å². The summed E-state index contributed by atoms with van der Waals surface area (Å²) in [6.45, 7) is 7.57. The summed E-state index contributed by atoms with van der Waals surface area (Å²) in [7, 11) is 0. The van der Waals surface area contributed by atoms with Crippen LogP contribution in [0, 0.1) is 0 Å². The van der Waals surface area contributed by atoms with E-state index in [1.807, 2.05) is 6.07 Å². The molecule has 1 aromatic carbocycles. The zero-order valence-corrected chi connectivity index (χ0v) is 13.6. The van der Waals surface area contributed by atoms with Crippen LogP contribution in [0.15, 0.2) is 30.3 Å². The molecular formula is C19H24N2O. The van der Waals surface area contributed by atoms with E-state index in [2.05, 4.69) is 49.6 Å². The number of para-hydroxylation sites is 1. The van der Waals surface area contributed by atoms with Crippen LogP contribution < -0.4 is 0 Å². The Labute approximate surface area is 131 Å². The number of pyridine rings is 1. The minimum Gasteiger partial charge on any atom is -0.390 e. The van der Waals surface area contributed by atoms with Crippen LogP contribution in [0.2, 0.25) is 0 Å². The first-order valence-electron chi connectivity index (χ1n) is 8.19. The Kier molecular flexibility index (Phi) is 4.16. The largest absolute Gasteiger partial charge is 0.390 e. The van der Waals surface area contributed by atoms with Crippen LogP contribution in [0.3, 0.4) is 0 Å². The van der Waals surface area contributed by atoms with Crippen LogP contribution in [0.4, 0.5) is 0 Å². The van der Waals surface area contributed by atoms with Crippen molar-refractivity contribution in [1.82, 2.24) is 9.55 Å². The van der Waals surface area contributed by atoms with Gasteiger partial charge in [-0.2, -0.15) is 0 Å². The molecule has 0 unspecified atom stereocenters. The molecular weight excluding hydrogens is 272 g/mol. The van der Waals surface area contributed by atoms with Crippen molar-refractivity contribution < 1.29 is 5.11 Å². The average molecular weight is 296 g/mol. The van der Waals surface area contributed by atoms with E-state index in [-0.39, 0.29) is 6.61 Å². The van der Waals surface area contributed by atoms with Crippen LogP contribution in [-0.2, 0) is 13.2 Å². The predicted molar refractivity (Wildman–Crippen MR) is 92.2 cm³/mol. The van der Waals surface area contributed by atoms with Gasteiger partial charge in [0.05, 0.1) is 23.5 Å². The van der Waals surface area contributed by atoms with Gasteiger partial charge in [-0.1, -0.05) is 45.4 Å². The average Bonchev–Trinajstić information content (AvgIpc) is 2.85. The number of nitrogens with zero attached hydrogens (tertiary/aromatic N) is 2. The second-order valence-corrected chi connectivity index (χ2v) is 6.23. The van der Waals surface area contributed by atoms with E-state index in [0.717, 1.165) is 24.4 Å². The molecule has 0 atom stereocenters. The molecule has 0 aliphatic carbocycles. The van der Waals surface area contributed by atoms with E-state index in [4.69, 9.17) is 4.98 Å². The SMILES string of the molecule is CCCCn1c2ccccc2c2cc(CO)nc(C(C)C)c21. The molecule has 116 valence electrons. The maximum atomic E-state index is 9.55. The highest BCUT2D eigenvalue weighted by Crippen LogP contribution is 2.34. The van der Waals surface area contributed by atoms with Gasteiger partial charge >= 0.3 is 0 Å². The number of aromatic nitrogens is 2. The summed E-state index contributed by atoms with van der Waals surface area (Å²) in [5, 5.41) is 12.0. The summed E-state index contributed by atoms with van der Waals surface area (Å²) >= 11 is 0. The molecule has 1 N–H and O–H groups in total. The number of hydrogen-bond donors (Lipinski definition) is 1. The Bertz CT molecular complexity index is 802. The predicted octanol–water partition coefficient (Wildman–Crippen LogP) is 4.61. The topological polar surface area (TPSA) is 38.0 Å². The molecule has 0 radical (unpaired) electrons. The summed E-state index contributed by atoms with van der Waals surface area (Å²) in [6.07, 6.45) is 2.33. The fourth-order valence-electron chi connectivity index (χ4n) is 3.19. The Balaban J connectivity index is 2.42. The lowest BCUT2D eigenvalue weighted by Gasteiger charge is -2.13. The molecule has 0 fully saturated rings. The zero-order valence-electron chi connectivity index (χ0n) is 13.6. The van der Waals surface area contributed by atoms with Crippen LogP contribution >= 0.6 is 0 Å². The second-order valence-electron chi connectivity index (χ2n) is 6.23. The zero-order chi connectivity index (χ0) is 15.7. The van der Waals surface area contributed by atoms with Gasteiger partial charge in [-0.15, -0.1) is 0 Å². The third kappa shape index (κ3) is 2.40. The van der Waals surface area contributed by atoms with E-state index in [0.29, 0.717) is 5.92 Å². The molecule has 0 saturated carbocycles. The maximum absolute atomic E-state index is 9.55. The van der Waals surface area contributed by atoms with Crippen LogP contribution in [-0.4, -0.2) is 14.7 Å². The minimum absolute atomic E-state index is 0.00979. The summed E-state index contributed by atoms with van der Waals surface area (Å²) in [5.41, 5.74) is 4.36. The Morgan fingerprint density at radius 3 is 2.64 bits per heavy atom. The molecule has 0 aliphatic rings. The minimum atomic E-state index is -0.00979. The van der Waals surface area contributed by atoms with Gasteiger partial charge < -0.3 is 9.67 Å². The quantitative estimate of drug-likeness (QED) is 0.747. The number of benzene rings is 1. The number of rotatable bonds is 5. The van der Waals surface area contributed by atoms with Crippen molar-refractivity contribution in [2.24, 2.45) is 0 Å². The number of fused-ring (bicyclic) bond motifs is 3. The van der Waals surface area contributed by atoms with E-state index >= 15 is 0 Å². The highest BCUT2D eigenvalue weighted by Gasteiger charge is 2.17. The van der Waals surface area contributed by atoms with Crippen molar-refractivity contribution in [3.05, 3.63) is 41.7 Å². The number of unbranched alkanes of at least 4 members (excludes halogenated alkanes) is 1. The molecule has 3 nitrogen and oxygen atoms in total. The number of aryl methyl sites for hydroxylation is 1. The fraction of sp³-hybridized carbons (Fsp3) is 0.421. The standard InChI is InChI=1S/C19H24N2O/c1-4-5-10-21-17-9-7-6-8-15(17)16-11-14(12-22)20-18(13(2)3)19(16)21/h6-9,11,13,22H,4-5,10,12H2,1-3H3. The molecule has 0 aliphatic heterocycles. The van der Waals surface area contributed by atoms with Crippen LogP contribution in [0.25, 0.3) is 21.8 Å². The van der Waals surface area contributed by atoms with Gasteiger partial charge in [0, 0.05) is 22.8 Å². The van der Waals surface area contributed by atoms with Gasteiger partial charge in [0.25, 0.3) is 0 Å². The van der Waals surface area contributed by atoms with Crippen molar-refractivity contribution in [3.63, 3.8) is 0 Å². The maximum Gasteiger partial charge on any atom is 0.0853 e. The molecule has 0 saturated heterocycles. The fourth-order valence-corrected chi connectivity index (χ4v) is 3.19. The highest BCUT2D eigenvalue weighted by atomic mass is 16.3. The van der Waals surface area contributed by atoms with Crippen molar-refractivity contribution in [1.29, 1.82) is 0 Å². The lowest BCUT2D eigenvalue weighted by molar-refractivity contribution is 0.276. The molecule has 0 bridgehead atoms. The van der Waals surface area contributed by atoms with Crippen molar-refractivity contribution >= 4 is 21.8 Å². The number of aliphatic hydroxyl groups is 1. The lowest BCUT2D eigenvalue weighted by Crippen LogP contribution is -2.04. The molecule has 3 rings (SSSR count). The molecule has 0 amide bonds. The summed E-state index contributed by atoms with van der Waals surface area (Å²) in [6, 6.07) is 10.6. The molecule has 0 spiro atoms. The Morgan fingerprint density at radius 2 is 1.95 bits per heavy atom. The van der Waals surface area contributed by atoms with E-state index in [9.17, 15) is 5.11 Å². The Hall–Kier alpha value is -1.87. The van der Waals surface area contributed by atoms with Gasteiger partial charge in [0.2, 0.25) is 0 Å². The van der Waals surface area contributed by atoms with Crippen LogP contribution in [0.5, 0.6) is 0 Å². The number of hydrogen-bond acceptors (Lipinski definition) is 2. The van der Waals surface area contributed by atoms with Gasteiger partial charge in [-0.3, -0.25) is 4.98 Å². The van der Waals surface area contributed by atoms with Gasteiger partial charge in [-0.05, 0) is 24.5 Å². The second kappa shape index (κ2) is 6.09. The highest BCUT2D eigenvalue weighted by molar-refractivity contribution is 6.09.